The van der Waals surface area contributed by atoms with Crippen LogP contribution in [0, 0.1) is 5.92 Å². The Morgan fingerprint density at radius 1 is 1.14 bits per heavy atom. The zero-order valence-corrected chi connectivity index (χ0v) is 20.8. The Kier molecular flexibility index (Phi) is 7.98. The summed E-state index contributed by atoms with van der Waals surface area (Å²) >= 11 is 11.9. The third kappa shape index (κ3) is 5.88. The number of rotatable bonds is 9. The van der Waals surface area contributed by atoms with E-state index >= 15 is 0 Å². The normalized spacial score (nSPS) is 23.8. The lowest BCUT2D eigenvalue weighted by Crippen LogP contribution is -2.65. The van der Waals surface area contributed by atoms with E-state index in [9.17, 15) is 24.0 Å². The van der Waals surface area contributed by atoms with Crippen LogP contribution in [0.15, 0.2) is 18.2 Å². The predicted octanol–water partition coefficient (Wildman–Crippen LogP) is 1.13. The summed E-state index contributed by atoms with van der Waals surface area (Å²) in [6.45, 7) is 0.129. The van der Waals surface area contributed by atoms with Crippen molar-refractivity contribution in [1.82, 2.24) is 16.0 Å². The zero-order chi connectivity index (χ0) is 26.0. The van der Waals surface area contributed by atoms with Crippen LogP contribution in [0.3, 0.4) is 0 Å². The first kappa shape index (κ1) is 26.8. The van der Waals surface area contributed by atoms with Gasteiger partial charge >= 0.3 is 6.75 Å². The van der Waals surface area contributed by atoms with Gasteiger partial charge in [-0.25, -0.2) is 0 Å². The van der Waals surface area contributed by atoms with Crippen molar-refractivity contribution >= 4 is 59.6 Å². The Labute approximate surface area is 211 Å². The molecule has 2 aliphatic rings. The Bertz CT molecular complexity index is 1070. The first-order chi connectivity index (χ1) is 16.4. The molecule has 0 aliphatic carbocycles. The van der Waals surface area contributed by atoms with Crippen LogP contribution in [-0.4, -0.2) is 61.5 Å². The molecule has 2 fully saturated rings. The lowest BCUT2D eigenvalue weighted by molar-refractivity contribution is -0.156. The van der Waals surface area contributed by atoms with Gasteiger partial charge in [0.25, 0.3) is 17.8 Å². The second-order valence-corrected chi connectivity index (χ2v) is 9.69. The molecule has 11 nitrogen and oxygen atoms in total. The SMILES string of the molecule is CNC(=O)C[C@@]12CC(=O)O[B-](C(CC(C)C)NC(=O)CNC(=O)c3cc(Cl)ccc3Cl)(OC1=O)O2. The molecular formula is C21H25BCl2N3O8-. The van der Waals surface area contributed by atoms with E-state index in [2.05, 4.69) is 16.0 Å². The van der Waals surface area contributed by atoms with E-state index in [1.165, 1.54) is 25.2 Å². The highest BCUT2D eigenvalue weighted by Gasteiger charge is 2.64. The van der Waals surface area contributed by atoms with E-state index in [-0.39, 0.29) is 22.9 Å². The van der Waals surface area contributed by atoms with Gasteiger partial charge in [0.2, 0.25) is 11.8 Å². The Morgan fingerprint density at radius 2 is 1.86 bits per heavy atom. The number of hydrogen-bond donors (Lipinski definition) is 3. The Hall–Kier alpha value is -2.83. The summed E-state index contributed by atoms with van der Waals surface area (Å²) < 4.78 is 16.6. The molecule has 0 radical (unpaired) electrons. The minimum absolute atomic E-state index is 0.0479. The molecule has 2 aliphatic heterocycles. The molecule has 190 valence electrons. The summed E-state index contributed by atoms with van der Waals surface area (Å²) in [6.07, 6.45) is -0.738. The molecule has 2 unspecified atom stereocenters. The Balaban J connectivity index is 1.76. The van der Waals surface area contributed by atoms with Crippen LogP contribution in [0.2, 0.25) is 10.0 Å². The van der Waals surface area contributed by atoms with Crippen LogP contribution in [-0.2, 0) is 33.1 Å². The van der Waals surface area contributed by atoms with Crippen molar-refractivity contribution in [3.8, 4) is 0 Å². The van der Waals surface area contributed by atoms with Crippen LogP contribution >= 0.6 is 23.2 Å². The number of carbonyl (C=O) groups is 5. The summed E-state index contributed by atoms with van der Waals surface area (Å²) in [5.74, 6) is -4.65. The minimum atomic E-state index is -3.09. The maximum atomic E-state index is 12.8. The number of nitrogens with one attached hydrogen (secondary N) is 3. The van der Waals surface area contributed by atoms with Crippen LogP contribution < -0.4 is 16.0 Å². The second-order valence-electron chi connectivity index (χ2n) is 8.84. The summed E-state index contributed by atoms with van der Waals surface area (Å²) in [7, 11) is 1.38. The molecule has 2 saturated heterocycles. The molecule has 3 rings (SSSR count). The molecule has 0 spiro atoms. The molecule has 3 atom stereocenters. The van der Waals surface area contributed by atoms with Crippen molar-refractivity contribution in [2.75, 3.05) is 13.6 Å². The van der Waals surface area contributed by atoms with Crippen molar-refractivity contribution in [3.63, 3.8) is 0 Å². The highest BCUT2D eigenvalue weighted by atomic mass is 35.5. The number of benzene rings is 1. The van der Waals surface area contributed by atoms with E-state index in [0.717, 1.165) is 0 Å². The third-order valence-corrected chi connectivity index (χ3v) is 6.20. The fourth-order valence-corrected chi connectivity index (χ4v) is 4.43. The molecule has 3 N–H and O–H groups in total. The van der Waals surface area contributed by atoms with E-state index < -0.39 is 67.3 Å². The molecule has 3 amide bonds. The molecule has 1 aromatic carbocycles. The molecule has 0 saturated carbocycles. The van der Waals surface area contributed by atoms with Gasteiger partial charge < -0.3 is 29.9 Å². The summed E-state index contributed by atoms with van der Waals surface area (Å²) in [5.41, 5.74) is -1.76. The first-order valence-corrected chi connectivity index (χ1v) is 11.7. The highest BCUT2D eigenvalue weighted by molar-refractivity contribution is 6.68. The van der Waals surface area contributed by atoms with Gasteiger partial charge in [-0.05, 0) is 24.1 Å². The average Bonchev–Trinajstić information content (AvgIpc) is 2.98. The number of hydrogen-bond acceptors (Lipinski definition) is 8. The van der Waals surface area contributed by atoms with Crippen LogP contribution in [0.1, 0.15) is 43.5 Å². The lowest BCUT2D eigenvalue weighted by atomic mass is 9.64. The smallest absolute Gasteiger partial charge is 0.518 e. The molecule has 2 heterocycles. The van der Waals surface area contributed by atoms with Gasteiger partial charge in [0.05, 0.1) is 30.0 Å². The maximum Gasteiger partial charge on any atom is 0.518 e. The summed E-state index contributed by atoms with van der Waals surface area (Å²) in [5, 5.41) is 7.89. The fraction of sp³-hybridized carbons (Fsp3) is 0.476. The monoisotopic (exact) mass is 528 g/mol. The van der Waals surface area contributed by atoms with Crippen molar-refractivity contribution in [2.24, 2.45) is 5.92 Å². The largest absolute Gasteiger partial charge is 0.632 e. The van der Waals surface area contributed by atoms with E-state index in [4.69, 9.17) is 37.2 Å². The quantitative estimate of drug-likeness (QED) is 0.404. The minimum Gasteiger partial charge on any atom is -0.632 e. The molecule has 0 aromatic heterocycles. The molecule has 35 heavy (non-hydrogen) atoms. The molecule has 1 aromatic rings. The predicted molar refractivity (Wildman–Crippen MR) is 125 cm³/mol. The molecular weight excluding hydrogens is 504 g/mol. The van der Waals surface area contributed by atoms with Crippen LogP contribution in [0.5, 0.6) is 0 Å². The van der Waals surface area contributed by atoms with Crippen LogP contribution in [0.25, 0.3) is 0 Å². The number of carbonyl (C=O) groups excluding carboxylic acids is 5. The highest BCUT2D eigenvalue weighted by Crippen LogP contribution is 2.43. The Morgan fingerprint density at radius 3 is 2.51 bits per heavy atom. The number of halogens is 2. The first-order valence-electron chi connectivity index (χ1n) is 10.9. The van der Waals surface area contributed by atoms with Gasteiger partial charge in [-0.15, -0.1) is 0 Å². The van der Waals surface area contributed by atoms with Crippen molar-refractivity contribution in [3.05, 3.63) is 33.8 Å². The maximum absolute atomic E-state index is 12.8. The van der Waals surface area contributed by atoms with Crippen LogP contribution in [0.4, 0.5) is 0 Å². The van der Waals surface area contributed by atoms with Crippen molar-refractivity contribution < 1.29 is 37.9 Å². The van der Waals surface area contributed by atoms with Gasteiger partial charge in [-0.3, -0.25) is 24.0 Å². The van der Waals surface area contributed by atoms with Crippen molar-refractivity contribution in [2.45, 2.75) is 44.7 Å². The van der Waals surface area contributed by atoms with E-state index in [1.54, 1.807) is 0 Å². The zero-order valence-electron chi connectivity index (χ0n) is 19.3. The molecule has 14 heteroatoms. The van der Waals surface area contributed by atoms with Gasteiger partial charge in [0.1, 0.15) is 5.60 Å². The average molecular weight is 529 g/mol. The number of fused-ring (bicyclic) bond motifs is 2. The van der Waals surface area contributed by atoms with Gasteiger partial charge in [-0.2, -0.15) is 0 Å². The van der Waals surface area contributed by atoms with Crippen molar-refractivity contribution in [1.29, 1.82) is 0 Å². The summed E-state index contributed by atoms with van der Waals surface area (Å²) in [6, 6.07) is 4.33. The topological polar surface area (TPSA) is 149 Å². The van der Waals surface area contributed by atoms with Gasteiger partial charge in [0, 0.05) is 18.0 Å². The van der Waals surface area contributed by atoms with Gasteiger partial charge in [0.15, 0.2) is 0 Å². The lowest BCUT2D eigenvalue weighted by Gasteiger charge is -2.46. The van der Waals surface area contributed by atoms with E-state index in [0.29, 0.717) is 5.02 Å². The fourth-order valence-electron chi connectivity index (χ4n) is 4.05. The van der Waals surface area contributed by atoms with E-state index in [1.807, 2.05) is 13.8 Å². The number of amides is 3. The molecule has 2 bridgehead atoms. The van der Waals surface area contributed by atoms with Gasteiger partial charge in [-0.1, -0.05) is 43.5 Å². The standard InChI is InChI=1S/C21H25BCl2N3O8/c1-11(2)6-15(27-17(29)10-26-19(31)13-7-12(23)4-5-14(13)24)22-33-18(30)9-21(35-22,20(32)34-22)8-16(28)25-3/h4-5,7,11,15H,6,8-10H2,1-3H3,(H,25,28)(H,26,31)(H,27,29)/q-1/t15?,21-,22?/m1/s1. The third-order valence-electron chi connectivity index (χ3n) is 5.63. The summed E-state index contributed by atoms with van der Waals surface area (Å²) in [4.78, 5) is 62.3. The second kappa shape index (κ2) is 10.4.